The van der Waals surface area contributed by atoms with Gasteiger partial charge in [0.05, 0.1) is 12.8 Å². The predicted octanol–water partition coefficient (Wildman–Crippen LogP) is 2.23. The molecule has 0 aliphatic carbocycles. The van der Waals surface area contributed by atoms with Crippen molar-refractivity contribution >= 4 is 12.0 Å². The molecule has 0 bridgehead atoms. The van der Waals surface area contributed by atoms with Gasteiger partial charge in [-0.05, 0) is 18.3 Å². The summed E-state index contributed by atoms with van der Waals surface area (Å²) in [6, 6.07) is -0.570. The van der Waals surface area contributed by atoms with Crippen molar-refractivity contribution in [3.05, 3.63) is 17.7 Å². The molecule has 0 spiro atoms. The van der Waals surface area contributed by atoms with Crippen molar-refractivity contribution in [3.63, 3.8) is 0 Å². The van der Waals surface area contributed by atoms with Crippen LogP contribution in [0.1, 0.15) is 57.5 Å². The summed E-state index contributed by atoms with van der Waals surface area (Å²) < 4.78 is 4.62. The Labute approximate surface area is 143 Å². The van der Waals surface area contributed by atoms with E-state index in [-0.39, 0.29) is 17.7 Å². The van der Waals surface area contributed by atoms with E-state index in [2.05, 4.69) is 33.9 Å². The Morgan fingerprint density at radius 3 is 2.62 bits per heavy atom. The van der Waals surface area contributed by atoms with E-state index >= 15 is 0 Å². The van der Waals surface area contributed by atoms with Gasteiger partial charge in [0.25, 0.3) is 0 Å². The van der Waals surface area contributed by atoms with Gasteiger partial charge < -0.3 is 19.9 Å². The molecule has 1 aromatic heterocycles. The molecule has 2 rings (SSSR count). The quantitative estimate of drug-likeness (QED) is 0.863. The van der Waals surface area contributed by atoms with Gasteiger partial charge in [0.15, 0.2) is 0 Å². The third kappa shape index (κ3) is 4.07. The lowest BCUT2D eigenvalue weighted by molar-refractivity contribution is -0.133. The van der Waals surface area contributed by atoms with E-state index in [0.29, 0.717) is 19.0 Å². The summed E-state index contributed by atoms with van der Waals surface area (Å²) in [7, 11) is 1.30. The lowest BCUT2D eigenvalue weighted by atomic mass is 10.0. The zero-order chi connectivity index (χ0) is 17.9. The van der Waals surface area contributed by atoms with Crippen molar-refractivity contribution in [2.24, 2.45) is 5.92 Å². The number of ether oxygens (including phenoxy) is 1. The first-order valence-electron chi connectivity index (χ1n) is 8.52. The summed E-state index contributed by atoms with van der Waals surface area (Å²) in [5, 5.41) is 2.64. The number of alkyl carbamates (subject to hydrolysis) is 1. The van der Waals surface area contributed by atoms with Gasteiger partial charge in [-0.2, -0.15) is 0 Å². The van der Waals surface area contributed by atoms with Crippen molar-refractivity contribution in [1.29, 1.82) is 0 Å². The van der Waals surface area contributed by atoms with Crippen LogP contribution in [0.5, 0.6) is 0 Å². The molecule has 2 amide bonds. The topological polar surface area (TPSA) is 87.3 Å². The number of H-pyrrole nitrogens is 1. The first-order chi connectivity index (χ1) is 11.3. The molecule has 1 aromatic rings. The molecule has 1 aliphatic rings. The Hall–Kier alpha value is -2.05. The SMILES string of the molecule is COC(=O)N[C@H](C(=O)N1CC[C@@H](c2nc(C(C)C)c[nH]2)C1)C(C)C. The van der Waals surface area contributed by atoms with E-state index < -0.39 is 12.1 Å². The first kappa shape index (κ1) is 18.3. The number of nitrogens with one attached hydrogen (secondary N) is 2. The van der Waals surface area contributed by atoms with Gasteiger partial charge in [0.1, 0.15) is 11.9 Å². The van der Waals surface area contributed by atoms with Crippen LogP contribution < -0.4 is 5.32 Å². The summed E-state index contributed by atoms with van der Waals surface area (Å²) in [6.45, 7) is 9.33. The molecule has 0 unspecified atom stereocenters. The van der Waals surface area contributed by atoms with E-state index in [1.165, 1.54) is 7.11 Å². The van der Waals surface area contributed by atoms with Crippen molar-refractivity contribution < 1.29 is 14.3 Å². The molecule has 1 saturated heterocycles. The van der Waals surface area contributed by atoms with E-state index in [1.807, 2.05) is 24.9 Å². The molecule has 24 heavy (non-hydrogen) atoms. The number of likely N-dealkylation sites (tertiary alicyclic amines) is 1. The van der Waals surface area contributed by atoms with Crippen LogP contribution in [0.15, 0.2) is 6.20 Å². The third-order valence-corrected chi connectivity index (χ3v) is 4.49. The van der Waals surface area contributed by atoms with Gasteiger partial charge in [-0.15, -0.1) is 0 Å². The second-order valence-corrected chi connectivity index (χ2v) is 6.99. The number of aromatic nitrogens is 2. The van der Waals surface area contributed by atoms with Crippen LogP contribution in [0.2, 0.25) is 0 Å². The highest BCUT2D eigenvalue weighted by Gasteiger charge is 2.34. The summed E-state index contributed by atoms with van der Waals surface area (Å²) in [6.07, 6.45) is 2.24. The second kappa shape index (κ2) is 7.68. The second-order valence-electron chi connectivity index (χ2n) is 6.99. The van der Waals surface area contributed by atoms with E-state index in [0.717, 1.165) is 17.9 Å². The zero-order valence-corrected chi connectivity index (χ0v) is 15.1. The minimum atomic E-state index is -0.578. The average molecular weight is 336 g/mol. The average Bonchev–Trinajstić information content (AvgIpc) is 3.19. The van der Waals surface area contributed by atoms with Crippen molar-refractivity contribution in [2.75, 3.05) is 20.2 Å². The fourth-order valence-electron chi connectivity index (χ4n) is 2.94. The van der Waals surface area contributed by atoms with Crippen LogP contribution in [0.25, 0.3) is 0 Å². The van der Waals surface area contributed by atoms with Gasteiger partial charge in [-0.3, -0.25) is 4.79 Å². The number of rotatable bonds is 5. The number of hydrogen-bond acceptors (Lipinski definition) is 4. The molecule has 0 saturated carbocycles. The molecule has 7 heteroatoms. The first-order valence-corrected chi connectivity index (χ1v) is 8.52. The van der Waals surface area contributed by atoms with Crippen molar-refractivity contribution in [3.8, 4) is 0 Å². The van der Waals surface area contributed by atoms with Crippen LogP contribution in [0.4, 0.5) is 4.79 Å². The standard InChI is InChI=1S/C17H28N4O3/c1-10(2)13-8-18-15(19-13)12-6-7-21(9-12)16(22)14(11(3)4)20-17(23)24-5/h8,10-12,14H,6-7,9H2,1-5H3,(H,18,19)(H,20,23)/t12-,14+/m1/s1. The van der Waals surface area contributed by atoms with Gasteiger partial charge in [-0.1, -0.05) is 27.7 Å². The van der Waals surface area contributed by atoms with Crippen LogP contribution >= 0.6 is 0 Å². The number of hydrogen-bond donors (Lipinski definition) is 2. The Kier molecular flexibility index (Phi) is 5.85. The molecule has 2 heterocycles. The van der Waals surface area contributed by atoms with E-state index in [4.69, 9.17) is 0 Å². The molecule has 7 nitrogen and oxygen atoms in total. The molecule has 0 radical (unpaired) electrons. The smallest absolute Gasteiger partial charge is 0.407 e. The fraction of sp³-hybridized carbons (Fsp3) is 0.706. The third-order valence-electron chi connectivity index (χ3n) is 4.49. The van der Waals surface area contributed by atoms with Crippen molar-refractivity contribution in [2.45, 2.75) is 52.0 Å². The molecule has 1 aliphatic heterocycles. The largest absolute Gasteiger partial charge is 0.453 e. The summed E-state index contributed by atoms with van der Waals surface area (Å²) in [5.41, 5.74) is 1.04. The number of amides is 2. The highest BCUT2D eigenvalue weighted by molar-refractivity contribution is 5.86. The Morgan fingerprint density at radius 1 is 1.38 bits per heavy atom. The van der Waals surface area contributed by atoms with Gasteiger partial charge in [0, 0.05) is 25.2 Å². The Morgan fingerprint density at radius 2 is 2.08 bits per heavy atom. The monoisotopic (exact) mass is 336 g/mol. The molecule has 134 valence electrons. The lowest BCUT2D eigenvalue weighted by Crippen LogP contribution is -2.50. The molecule has 1 fully saturated rings. The Bertz CT molecular complexity index is 582. The van der Waals surface area contributed by atoms with Gasteiger partial charge >= 0.3 is 6.09 Å². The summed E-state index contributed by atoms with van der Waals surface area (Å²) in [4.78, 5) is 33.9. The number of nitrogens with zero attached hydrogens (tertiary/aromatic N) is 2. The van der Waals surface area contributed by atoms with Crippen LogP contribution in [-0.4, -0.2) is 53.1 Å². The lowest BCUT2D eigenvalue weighted by Gasteiger charge is -2.26. The van der Waals surface area contributed by atoms with Crippen LogP contribution in [-0.2, 0) is 9.53 Å². The summed E-state index contributed by atoms with van der Waals surface area (Å²) in [5.74, 6) is 1.47. The van der Waals surface area contributed by atoms with Gasteiger partial charge in [-0.25, -0.2) is 9.78 Å². The molecule has 2 atom stereocenters. The minimum Gasteiger partial charge on any atom is -0.453 e. The predicted molar refractivity (Wildman–Crippen MR) is 90.8 cm³/mol. The minimum absolute atomic E-state index is 0.00759. The number of aromatic amines is 1. The highest BCUT2D eigenvalue weighted by Crippen LogP contribution is 2.27. The van der Waals surface area contributed by atoms with Crippen molar-refractivity contribution in [1.82, 2.24) is 20.2 Å². The number of carbonyl (C=O) groups excluding carboxylic acids is 2. The maximum Gasteiger partial charge on any atom is 0.407 e. The normalized spacial score (nSPS) is 19.0. The molecule has 0 aromatic carbocycles. The molecular formula is C17H28N4O3. The molecule has 2 N–H and O–H groups in total. The van der Waals surface area contributed by atoms with Crippen LogP contribution in [0, 0.1) is 5.92 Å². The number of carbonyl (C=O) groups is 2. The van der Waals surface area contributed by atoms with Gasteiger partial charge in [0.2, 0.25) is 5.91 Å². The zero-order valence-electron chi connectivity index (χ0n) is 15.1. The molecular weight excluding hydrogens is 308 g/mol. The summed E-state index contributed by atoms with van der Waals surface area (Å²) >= 11 is 0. The fourth-order valence-corrected chi connectivity index (χ4v) is 2.94. The Balaban J connectivity index is 2.02. The van der Waals surface area contributed by atoms with E-state index in [1.54, 1.807) is 0 Å². The maximum absolute atomic E-state index is 12.8. The van der Waals surface area contributed by atoms with Crippen LogP contribution in [0.3, 0.4) is 0 Å². The highest BCUT2D eigenvalue weighted by atomic mass is 16.5. The number of methoxy groups -OCH3 is 1. The number of imidazole rings is 1. The maximum atomic E-state index is 12.8. The van der Waals surface area contributed by atoms with E-state index in [9.17, 15) is 9.59 Å².